The highest BCUT2D eigenvalue weighted by atomic mass is 32.2. The number of hydrogen-bond donors (Lipinski definition) is 2. The third-order valence-electron chi connectivity index (χ3n) is 3.39. The first kappa shape index (κ1) is 16.8. The molecule has 1 aliphatic heterocycles. The Morgan fingerprint density at radius 1 is 1.16 bits per heavy atom. The highest BCUT2D eigenvalue weighted by Crippen LogP contribution is 2.27. The largest absolute Gasteiger partial charge is 0.507 e. The van der Waals surface area contributed by atoms with Crippen LogP contribution in [-0.4, -0.2) is 22.2 Å². The average molecular weight is 355 g/mol. The molecular weight excluding hydrogens is 342 g/mol. The van der Waals surface area contributed by atoms with E-state index in [1.165, 1.54) is 24.3 Å². The monoisotopic (exact) mass is 355 g/mol. The molecule has 0 atom stereocenters. The van der Waals surface area contributed by atoms with Crippen molar-refractivity contribution in [3.63, 3.8) is 0 Å². The topological polar surface area (TPSA) is 92.7 Å². The molecule has 1 saturated heterocycles. The second-order valence-corrected chi connectivity index (χ2v) is 6.21. The van der Waals surface area contributed by atoms with Crippen LogP contribution in [0.4, 0.5) is 4.79 Å². The van der Waals surface area contributed by atoms with Gasteiger partial charge in [-0.3, -0.25) is 14.9 Å². The van der Waals surface area contributed by atoms with Crippen molar-refractivity contribution < 1.29 is 24.2 Å². The summed E-state index contributed by atoms with van der Waals surface area (Å²) < 4.78 is 5.20. The zero-order valence-electron chi connectivity index (χ0n) is 12.9. The van der Waals surface area contributed by atoms with Crippen LogP contribution < -0.4 is 5.32 Å². The number of hydrogen-bond acceptors (Lipinski definition) is 6. The van der Waals surface area contributed by atoms with E-state index in [-0.39, 0.29) is 22.8 Å². The fraction of sp³-hybridized carbons (Fsp3) is 0.0556. The van der Waals surface area contributed by atoms with Crippen molar-refractivity contribution in [3.8, 4) is 5.75 Å². The lowest BCUT2D eigenvalue weighted by atomic mass is 10.1. The zero-order valence-corrected chi connectivity index (χ0v) is 13.7. The maximum atomic E-state index is 12.2. The van der Waals surface area contributed by atoms with Crippen LogP contribution in [-0.2, 0) is 16.1 Å². The molecule has 2 aromatic carbocycles. The Bertz CT molecular complexity index is 876. The number of benzene rings is 2. The third-order valence-corrected chi connectivity index (χ3v) is 4.20. The van der Waals surface area contributed by atoms with E-state index >= 15 is 0 Å². The Morgan fingerprint density at radius 2 is 1.92 bits per heavy atom. The predicted octanol–water partition coefficient (Wildman–Crippen LogP) is 3.07. The van der Waals surface area contributed by atoms with E-state index < -0.39 is 17.1 Å². The first-order valence-electron chi connectivity index (χ1n) is 7.32. The van der Waals surface area contributed by atoms with Crippen LogP contribution in [0.2, 0.25) is 0 Å². The molecule has 0 saturated carbocycles. The smallest absolute Gasteiger partial charge is 0.342 e. The molecule has 6 nitrogen and oxygen atoms in total. The Morgan fingerprint density at radius 3 is 2.60 bits per heavy atom. The van der Waals surface area contributed by atoms with Crippen molar-refractivity contribution in [1.82, 2.24) is 5.32 Å². The number of imide groups is 1. The fourth-order valence-corrected chi connectivity index (χ4v) is 2.86. The molecule has 0 aliphatic carbocycles. The second-order valence-electron chi connectivity index (χ2n) is 5.19. The van der Waals surface area contributed by atoms with Crippen LogP contribution >= 0.6 is 11.8 Å². The van der Waals surface area contributed by atoms with Crippen molar-refractivity contribution in [2.75, 3.05) is 0 Å². The number of esters is 1. The maximum Gasteiger partial charge on any atom is 0.342 e. The number of carbonyl (C=O) groups excluding carboxylic acids is 3. The number of carbonyl (C=O) groups is 3. The van der Waals surface area contributed by atoms with Gasteiger partial charge in [0.1, 0.15) is 17.9 Å². The van der Waals surface area contributed by atoms with E-state index in [9.17, 15) is 19.5 Å². The van der Waals surface area contributed by atoms with Gasteiger partial charge < -0.3 is 9.84 Å². The highest BCUT2D eigenvalue weighted by molar-refractivity contribution is 8.18. The number of phenols is 1. The minimum atomic E-state index is -0.679. The summed E-state index contributed by atoms with van der Waals surface area (Å²) in [4.78, 5) is 35.2. The molecule has 0 bridgehead atoms. The lowest BCUT2D eigenvalue weighted by Gasteiger charge is -2.07. The van der Waals surface area contributed by atoms with Gasteiger partial charge in [-0.2, -0.15) is 0 Å². The Kier molecular flexibility index (Phi) is 4.85. The summed E-state index contributed by atoms with van der Waals surface area (Å²) in [5, 5.41) is 11.6. The first-order valence-corrected chi connectivity index (χ1v) is 8.13. The minimum absolute atomic E-state index is 0.0139. The summed E-state index contributed by atoms with van der Waals surface area (Å²) in [5.41, 5.74) is 1.31. The van der Waals surface area contributed by atoms with Gasteiger partial charge in [0.15, 0.2) is 0 Å². The van der Waals surface area contributed by atoms with Gasteiger partial charge in [-0.1, -0.05) is 36.4 Å². The van der Waals surface area contributed by atoms with Crippen LogP contribution in [0.5, 0.6) is 5.75 Å². The Balaban J connectivity index is 1.77. The molecule has 2 aromatic rings. The molecule has 3 rings (SSSR count). The molecule has 25 heavy (non-hydrogen) atoms. The standard InChI is InChI=1S/C18H13NO5S/c20-14-7-6-12(9-15-16(21)19-18(23)25-15)8-13(14)17(22)24-10-11-4-2-1-3-5-11/h1-9,20H,10H2,(H,19,21,23)/b15-9+. The van der Waals surface area contributed by atoms with Crippen molar-refractivity contribution in [3.05, 3.63) is 70.1 Å². The van der Waals surface area contributed by atoms with Gasteiger partial charge in [0.25, 0.3) is 11.1 Å². The number of nitrogens with one attached hydrogen (secondary N) is 1. The van der Waals surface area contributed by atoms with Crippen LogP contribution in [0.25, 0.3) is 6.08 Å². The first-order chi connectivity index (χ1) is 12.0. The molecule has 1 heterocycles. The number of phenolic OH excluding ortho intramolecular Hbond substituents is 1. The van der Waals surface area contributed by atoms with E-state index in [2.05, 4.69) is 5.32 Å². The summed E-state index contributed by atoms with van der Waals surface area (Å²) in [5.74, 6) is -1.39. The van der Waals surface area contributed by atoms with Crippen LogP contribution in [0, 0.1) is 0 Å². The quantitative estimate of drug-likeness (QED) is 0.647. The fourth-order valence-electron chi connectivity index (χ4n) is 2.18. The number of amides is 2. The van der Waals surface area contributed by atoms with E-state index in [0.29, 0.717) is 5.56 Å². The zero-order chi connectivity index (χ0) is 17.8. The minimum Gasteiger partial charge on any atom is -0.507 e. The van der Waals surface area contributed by atoms with Gasteiger partial charge in [-0.15, -0.1) is 0 Å². The van der Waals surface area contributed by atoms with Crippen LogP contribution in [0.3, 0.4) is 0 Å². The molecule has 0 spiro atoms. The van der Waals surface area contributed by atoms with E-state index in [4.69, 9.17) is 4.74 Å². The van der Waals surface area contributed by atoms with Gasteiger partial charge in [-0.25, -0.2) is 4.79 Å². The predicted molar refractivity (Wildman–Crippen MR) is 92.8 cm³/mol. The number of rotatable bonds is 4. The van der Waals surface area contributed by atoms with Gasteiger partial charge >= 0.3 is 5.97 Å². The van der Waals surface area contributed by atoms with Gasteiger partial charge in [0, 0.05) is 0 Å². The van der Waals surface area contributed by atoms with Crippen molar-refractivity contribution in [2.24, 2.45) is 0 Å². The second kappa shape index (κ2) is 7.23. The summed E-state index contributed by atoms with van der Waals surface area (Å²) in [7, 11) is 0. The number of ether oxygens (including phenoxy) is 1. The molecule has 0 unspecified atom stereocenters. The van der Waals surface area contributed by atoms with Crippen molar-refractivity contribution >= 4 is 35.0 Å². The summed E-state index contributed by atoms with van der Waals surface area (Å²) >= 11 is 0.777. The highest BCUT2D eigenvalue weighted by Gasteiger charge is 2.25. The summed E-state index contributed by atoms with van der Waals surface area (Å²) in [6.45, 7) is 0.0805. The third kappa shape index (κ3) is 4.07. The summed E-state index contributed by atoms with van der Waals surface area (Å²) in [6, 6.07) is 13.4. The molecule has 0 aromatic heterocycles. The number of aromatic hydroxyl groups is 1. The lowest BCUT2D eigenvalue weighted by Crippen LogP contribution is -2.17. The van der Waals surface area contributed by atoms with E-state index in [0.717, 1.165) is 17.3 Å². The van der Waals surface area contributed by atoms with E-state index in [1.807, 2.05) is 30.3 Å². The Hall–Kier alpha value is -3.06. The molecule has 1 aliphatic rings. The van der Waals surface area contributed by atoms with Gasteiger partial charge in [-0.05, 0) is 41.1 Å². The van der Waals surface area contributed by atoms with E-state index in [1.54, 1.807) is 0 Å². The molecule has 0 radical (unpaired) electrons. The molecule has 1 fully saturated rings. The normalized spacial score (nSPS) is 15.3. The van der Waals surface area contributed by atoms with Gasteiger partial charge in [0.2, 0.25) is 0 Å². The summed E-state index contributed by atoms with van der Waals surface area (Å²) in [6.07, 6.45) is 1.47. The van der Waals surface area contributed by atoms with Crippen LogP contribution in [0.15, 0.2) is 53.4 Å². The molecule has 126 valence electrons. The molecule has 2 N–H and O–H groups in total. The molecule has 2 amide bonds. The van der Waals surface area contributed by atoms with Crippen molar-refractivity contribution in [2.45, 2.75) is 6.61 Å². The number of thioether (sulfide) groups is 1. The molecule has 7 heteroatoms. The molecular formula is C18H13NO5S. The average Bonchev–Trinajstić information content (AvgIpc) is 2.92. The van der Waals surface area contributed by atoms with Crippen LogP contribution in [0.1, 0.15) is 21.5 Å². The maximum absolute atomic E-state index is 12.2. The SMILES string of the molecule is O=C1NC(=O)/C(=C\c2ccc(O)c(C(=O)OCc3ccccc3)c2)S1. The Labute approximate surface area is 147 Å². The van der Waals surface area contributed by atoms with Gasteiger partial charge in [0.05, 0.1) is 4.91 Å². The van der Waals surface area contributed by atoms with Crippen molar-refractivity contribution in [1.29, 1.82) is 0 Å². The lowest BCUT2D eigenvalue weighted by molar-refractivity contribution is -0.115.